The van der Waals surface area contributed by atoms with Gasteiger partial charge < -0.3 is 10.6 Å². The van der Waals surface area contributed by atoms with Gasteiger partial charge in [0.15, 0.2) is 0 Å². The smallest absolute Gasteiger partial charge is 0.129 e. The molecule has 2 heterocycles. The molecule has 0 bridgehead atoms. The van der Waals surface area contributed by atoms with Crippen molar-refractivity contribution < 1.29 is 0 Å². The van der Waals surface area contributed by atoms with Crippen molar-refractivity contribution in [3.8, 4) is 6.07 Å². The predicted octanol–water partition coefficient (Wildman–Crippen LogP) is 3.07. The molecule has 0 amide bonds. The van der Waals surface area contributed by atoms with Crippen LogP contribution in [0.15, 0.2) is 6.07 Å². The summed E-state index contributed by atoms with van der Waals surface area (Å²) in [5.74, 6) is 0.719. The summed E-state index contributed by atoms with van der Waals surface area (Å²) < 4.78 is 0. The molecule has 1 aromatic rings. The van der Waals surface area contributed by atoms with Crippen LogP contribution < -0.4 is 10.6 Å². The average Bonchev–Trinajstić information content (AvgIpc) is 2.82. The zero-order chi connectivity index (χ0) is 12.6. The molecule has 3 nitrogen and oxygen atoms in total. The van der Waals surface area contributed by atoms with E-state index in [1.165, 1.54) is 17.8 Å². The maximum atomic E-state index is 8.92. The van der Waals surface area contributed by atoms with Crippen molar-refractivity contribution in [2.75, 3.05) is 23.7 Å². The largest absolute Gasteiger partial charge is 0.397 e. The van der Waals surface area contributed by atoms with Gasteiger partial charge in [0.05, 0.1) is 10.7 Å². The number of nitriles is 1. The second-order valence-corrected chi connectivity index (χ2v) is 6.81. The molecule has 1 aromatic heterocycles. The number of hydrogen-bond acceptors (Lipinski definition) is 4. The van der Waals surface area contributed by atoms with Gasteiger partial charge in [-0.2, -0.15) is 5.26 Å². The number of thiophene rings is 1. The highest BCUT2D eigenvalue weighted by Gasteiger charge is 2.32. The van der Waals surface area contributed by atoms with Gasteiger partial charge in [-0.25, -0.2) is 0 Å². The summed E-state index contributed by atoms with van der Waals surface area (Å²) in [7, 11) is 0. The molecule has 2 rings (SSSR count). The van der Waals surface area contributed by atoms with E-state index in [4.69, 9.17) is 11.0 Å². The monoisotopic (exact) mass is 249 g/mol. The third-order valence-corrected chi connectivity index (χ3v) is 4.69. The van der Waals surface area contributed by atoms with Crippen molar-refractivity contribution in [1.82, 2.24) is 0 Å². The zero-order valence-corrected chi connectivity index (χ0v) is 11.5. The van der Waals surface area contributed by atoms with Gasteiger partial charge >= 0.3 is 0 Å². The first-order chi connectivity index (χ1) is 7.91. The van der Waals surface area contributed by atoms with E-state index in [0.717, 1.165) is 24.0 Å². The van der Waals surface area contributed by atoms with E-state index in [1.54, 1.807) is 0 Å². The fourth-order valence-electron chi connectivity index (χ4n) is 2.30. The van der Waals surface area contributed by atoms with Crippen LogP contribution in [0.4, 0.5) is 10.7 Å². The van der Waals surface area contributed by atoms with Crippen LogP contribution in [-0.2, 0) is 0 Å². The van der Waals surface area contributed by atoms with Gasteiger partial charge in [0.25, 0.3) is 0 Å². The number of rotatable bonds is 1. The lowest BCUT2D eigenvalue weighted by Gasteiger charge is -2.27. The molecule has 1 unspecified atom stereocenters. The molecule has 17 heavy (non-hydrogen) atoms. The van der Waals surface area contributed by atoms with Crippen LogP contribution in [0, 0.1) is 22.7 Å². The summed E-state index contributed by atoms with van der Waals surface area (Å²) in [6.07, 6.45) is 1.23. The first-order valence-corrected chi connectivity index (χ1v) is 6.78. The fourth-order valence-corrected chi connectivity index (χ4v) is 3.21. The van der Waals surface area contributed by atoms with E-state index in [9.17, 15) is 0 Å². The van der Waals surface area contributed by atoms with Crippen molar-refractivity contribution in [1.29, 1.82) is 5.26 Å². The third-order valence-electron chi connectivity index (χ3n) is 3.57. The first kappa shape index (κ1) is 12.3. The van der Waals surface area contributed by atoms with Crippen LogP contribution in [0.2, 0.25) is 0 Å². The number of anilines is 2. The van der Waals surface area contributed by atoms with Gasteiger partial charge in [-0.15, -0.1) is 11.3 Å². The van der Waals surface area contributed by atoms with Gasteiger partial charge in [-0.3, -0.25) is 0 Å². The van der Waals surface area contributed by atoms with Gasteiger partial charge in [0, 0.05) is 13.1 Å². The Morgan fingerprint density at radius 1 is 1.53 bits per heavy atom. The number of nitrogens with two attached hydrogens (primary N) is 1. The van der Waals surface area contributed by atoms with E-state index < -0.39 is 0 Å². The van der Waals surface area contributed by atoms with E-state index >= 15 is 0 Å². The molecule has 0 aromatic carbocycles. The Labute approximate surface area is 107 Å². The predicted molar refractivity (Wildman–Crippen MR) is 73.2 cm³/mol. The molecular formula is C13H19N3S. The Hall–Kier alpha value is -1.21. The molecule has 1 fully saturated rings. The SMILES string of the molecule is CC(C)(C)C1CCN(c2cc(N)c(C#N)s2)C1. The normalized spacial score (nSPS) is 20.6. The Balaban J connectivity index is 2.13. The first-order valence-electron chi connectivity index (χ1n) is 5.96. The number of nitrogen functional groups attached to an aromatic ring is 1. The lowest BCUT2D eigenvalue weighted by Crippen LogP contribution is -2.25. The topological polar surface area (TPSA) is 53.0 Å². The highest BCUT2D eigenvalue weighted by atomic mass is 32.1. The minimum Gasteiger partial charge on any atom is -0.397 e. The van der Waals surface area contributed by atoms with E-state index in [2.05, 4.69) is 31.7 Å². The van der Waals surface area contributed by atoms with Gasteiger partial charge in [0.1, 0.15) is 10.9 Å². The quantitative estimate of drug-likeness (QED) is 0.832. The maximum absolute atomic E-state index is 8.92. The summed E-state index contributed by atoms with van der Waals surface area (Å²) in [6.45, 7) is 9.04. The van der Waals surface area contributed by atoms with Gasteiger partial charge in [0.2, 0.25) is 0 Å². The van der Waals surface area contributed by atoms with E-state index in [-0.39, 0.29) is 0 Å². The molecule has 1 aliphatic heterocycles. The summed E-state index contributed by atoms with van der Waals surface area (Å²) in [5.41, 5.74) is 6.78. The van der Waals surface area contributed by atoms with Crippen LogP contribution in [0.3, 0.4) is 0 Å². The molecule has 1 saturated heterocycles. The second-order valence-electron chi connectivity index (χ2n) is 5.78. The summed E-state index contributed by atoms with van der Waals surface area (Å²) >= 11 is 1.51. The Morgan fingerprint density at radius 2 is 2.24 bits per heavy atom. The van der Waals surface area contributed by atoms with Crippen molar-refractivity contribution in [2.24, 2.45) is 11.3 Å². The molecule has 2 N–H and O–H groups in total. The van der Waals surface area contributed by atoms with Crippen molar-refractivity contribution in [2.45, 2.75) is 27.2 Å². The Morgan fingerprint density at radius 3 is 2.71 bits per heavy atom. The van der Waals surface area contributed by atoms with Crippen LogP contribution in [0.25, 0.3) is 0 Å². The summed E-state index contributed by atoms with van der Waals surface area (Å²) in [4.78, 5) is 3.00. The average molecular weight is 249 g/mol. The Bertz CT molecular complexity index is 450. The zero-order valence-electron chi connectivity index (χ0n) is 10.7. The summed E-state index contributed by atoms with van der Waals surface area (Å²) in [5, 5.41) is 10.1. The van der Waals surface area contributed by atoms with Crippen molar-refractivity contribution in [3.05, 3.63) is 10.9 Å². The maximum Gasteiger partial charge on any atom is 0.129 e. The van der Waals surface area contributed by atoms with Gasteiger partial charge in [-0.1, -0.05) is 20.8 Å². The molecule has 0 spiro atoms. The van der Waals surface area contributed by atoms with Crippen LogP contribution in [-0.4, -0.2) is 13.1 Å². The molecule has 0 saturated carbocycles. The van der Waals surface area contributed by atoms with Crippen LogP contribution >= 0.6 is 11.3 Å². The Kier molecular flexibility index (Phi) is 3.05. The molecular weight excluding hydrogens is 230 g/mol. The van der Waals surface area contributed by atoms with Crippen LogP contribution in [0.5, 0.6) is 0 Å². The lowest BCUT2D eigenvalue weighted by molar-refractivity contribution is 0.263. The molecule has 4 heteroatoms. The number of nitrogens with zero attached hydrogens (tertiary/aromatic N) is 2. The standard InChI is InChI=1S/C13H19N3S/c1-13(2,3)9-4-5-16(8-9)12-6-10(15)11(7-14)17-12/h6,9H,4-5,8,15H2,1-3H3. The van der Waals surface area contributed by atoms with E-state index in [1.807, 2.05) is 6.07 Å². The summed E-state index contributed by atoms with van der Waals surface area (Å²) in [6, 6.07) is 4.09. The minimum atomic E-state index is 0.357. The van der Waals surface area contributed by atoms with E-state index in [0.29, 0.717) is 16.0 Å². The van der Waals surface area contributed by atoms with Crippen molar-refractivity contribution >= 4 is 22.0 Å². The second kappa shape index (κ2) is 4.23. The highest BCUT2D eigenvalue weighted by Crippen LogP contribution is 2.39. The lowest BCUT2D eigenvalue weighted by atomic mass is 9.80. The molecule has 1 atom stereocenters. The molecule has 0 radical (unpaired) electrons. The van der Waals surface area contributed by atoms with Gasteiger partial charge in [-0.05, 0) is 23.8 Å². The van der Waals surface area contributed by atoms with Crippen LogP contribution in [0.1, 0.15) is 32.1 Å². The molecule has 1 aliphatic rings. The minimum absolute atomic E-state index is 0.357. The fraction of sp³-hybridized carbons (Fsp3) is 0.615. The third kappa shape index (κ3) is 2.39. The molecule has 92 valence electrons. The van der Waals surface area contributed by atoms with Crippen molar-refractivity contribution in [3.63, 3.8) is 0 Å². The number of hydrogen-bond donors (Lipinski definition) is 1. The highest BCUT2D eigenvalue weighted by molar-refractivity contribution is 7.17. The molecule has 0 aliphatic carbocycles.